The molecule has 1 aliphatic heterocycles. The zero-order valence-electron chi connectivity index (χ0n) is 10.7. The quantitative estimate of drug-likeness (QED) is 0.735. The van der Waals surface area contributed by atoms with Gasteiger partial charge in [0.05, 0.1) is 0 Å². The third kappa shape index (κ3) is 3.74. The van der Waals surface area contributed by atoms with Crippen LogP contribution in [-0.2, 0) is 0 Å². The van der Waals surface area contributed by atoms with Crippen LogP contribution in [0.5, 0.6) is 0 Å². The molecule has 0 aromatic carbocycles. The van der Waals surface area contributed by atoms with Crippen molar-refractivity contribution in [1.82, 2.24) is 9.80 Å². The smallest absolute Gasteiger partial charge is 0.0133 e. The van der Waals surface area contributed by atoms with Gasteiger partial charge >= 0.3 is 0 Å². The van der Waals surface area contributed by atoms with Crippen molar-refractivity contribution in [3.63, 3.8) is 0 Å². The largest absolute Gasteiger partial charge is 0.330 e. The Labute approximate surface area is 94.6 Å². The van der Waals surface area contributed by atoms with Gasteiger partial charge in [-0.05, 0) is 58.9 Å². The number of nitrogens with zero attached hydrogens (tertiary/aromatic N) is 2. The number of hydrogen-bond acceptors (Lipinski definition) is 3. The minimum absolute atomic E-state index is 0.642. The van der Waals surface area contributed by atoms with E-state index < -0.39 is 0 Å². The Balaban J connectivity index is 2.50. The first-order chi connectivity index (χ1) is 7.04. The van der Waals surface area contributed by atoms with Gasteiger partial charge in [-0.1, -0.05) is 6.92 Å². The molecule has 1 rings (SSSR count). The Kier molecular flexibility index (Phi) is 5.03. The maximum Gasteiger partial charge on any atom is 0.0133 e. The summed E-state index contributed by atoms with van der Waals surface area (Å²) < 4.78 is 0. The van der Waals surface area contributed by atoms with E-state index in [0.717, 1.165) is 12.5 Å². The maximum atomic E-state index is 5.72. The highest BCUT2D eigenvalue weighted by Gasteiger charge is 2.29. The number of rotatable bonds is 5. The van der Waals surface area contributed by atoms with E-state index in [0.29, 0.717) is 12.0 Å². The molecule has 0 aromatic heterocycles. The average Bonchev–Trinajstić information content (AvgIpc) is 2.60. The molecule has 0 saturated carbocycles. The number of nitrogens with two attached hydrogens (primary N) is 1. The lowest BCUT2D eigenvalue weighted by Crippen LogP contribution is -2.38. The zero-order valence-corrected chi connectivity index (χ0v) is 10.7. The molecule has 2 N–H and O–H groups in total. The highest BCUT2D eigenvalue weighted by molar-refractivity contribution is 4.85. The third-order valence-electron chi connectivity index (χ3n) is 3.68. The fourth-order valence-corrected chi connectivity index (χ4v) is 2.62. The Morgan fingerprint density at radius 2 is 2.13 bits per heavy atom. The van der Waals surface area contributed by atoms with Crippen LogP contribution in [0, 0.1) is 11.8 Å². The Morgan fingerprint density at radius 1 is 1.47 bits per heavy atom. The summed E-state index contributed by atoms with van der Waals surface area (Å²) in [5, 5.41) is 0. The fraction of sp³-hybridized carbons (Fsp3) is 1.00. The summed E-state index contributed by atoms with van der Waals surface area (Å²) in [7, 11) is 6.62. The molecule has 0 radical (unpaired) electrons. The molecule has 3 nitrogen and oxygen atoms in total. The van der Waals surface area contributed by atoms with Crippen molar-refractivity contribution in [3.05, 3.63) is 0 Å². The Hall–Kier alpha value is -0.120. The summed E-state index contributed by atoms with van der Waals surface area (Å²) in [4.78, 5) is 4.82. The minimum Gasteiger partial charge on any atom is -0.330 e. The van der Waals surface area contributed by atoms with Crippen molar-refractivity contribution >= 4 is 0 Å². The zero-order chi connectivity index (χ0) is 11.4. The SMILES string of the molecule is CC(CN)CC(C1CCN(C)C1)N(C)C. The van der Waals surface area contributed by atoms with Crippen LogP contribution < -0.4 is 5.73 Å². The molecule has 0 bridgehead atoms. The second kappa shape index (κ2) is 5.83. The van der Waals surface area contributed by atoms with E-state index >= 15 is 0 Å². The normalized spacial score (nSPS) is 27.2. The first-order valence-corrected chi connectivity index (χ1v) is 6.09. The number of likely N-dealkylation sites (tertiary alicyclic amines) is 1. The molecule has 0 amide bonds. The standard InChI is InChI=1S/C12H27N3/c1-10(8-13)7-12(14(2)3)11-5-6-15(4)9-11/h10-12H,5-9,13H2,1-4H3. The van der Waals surface area contributed by atoms with E-state index in [1.54, 1.807) is 0 Å². The molecule has 90 valence electrons. The van der Waals surface area contributed by atoms with Crippen LogP contribution in [0.3, 0.4) is 0 Å². The highest BCUT2D eigenvalue weighted by atomic mass is 15.2. The predicted molar refractivity (Wildman–Crippen MR) is 65.9 cm³/mol. The van der Waals surface area contributed by atoms with Crippen LogP contribution in [0.4, 0.5) is 0 Å². The van der Waals surface area contributed by atoms with Crippen LogP contribution in [0.2, 0.25) is 0 Å². The molecule has 0 aromatic rings. The van der Waals surface area contributed by atoms with Gasteiger partial charge in [-0.3, -0.25) is 0 Å². The molecule has 1 fully saturated rings. The molecule has 1 saturated heterocycles. The van der Waals surface area contributed by atoms with Gasteiger partial charge in [0.2, 0.25) is 0 Å². The van der Waals surface area contributed by atoms with Crippen LogP contribution >= 0.6 is 0 Å². The van der Waals surface area contributed by atoms with Crippen LogP contribution in [0.1, 0.15) is 19.8 Å². The van der Waals surface area contributed by atoms with E-state index in [2.05, 4.69) is 37.9 Å². The van der Waals surface area contributed by atoms with E-state index in [9.17, 15) is 0 Å². The molecular weight excluding hydrogens is 186 g/mol. The lowest BCUT2D eigenvalue weighted by molar-refractivity contribution is 0.179. The van der Waals surface area contributed by atoms with Gasteiger partial charge < -0.3 is 15.5 Å². The summed E-state index contributed by atoms with van der Waals surface area (Å²) >= 11 is 0. The third-order valence-corrected chi connectivity index (χ3v) is 3.68. The average molecular weight is 213 g/mol. The summed E-state index contributed by atoms with van der Waals surface area (Å²) in [5.41, 5.74) is 5.72. The highest BCUT2D eigenvalue weighted by Crippen LogP contribution is 2.25. The van der Waals surface area contributed by atoms with E-state index in [1.807, 2.05) is 0 Å². The summed E-state index contributed by atoms with van der Waals surface area (Å²) in [5.74, 6) is 1.47. The Bertz CT molecular complexity index is 182. The molecule has 0 spiro atoms. The van der Waals surface area contributed by atoms with Gasteiger partial charge in [0.15, 0.2) is 0 Å². The molecule has 1 aliphatic rings. The first kappa shape index (κ1) is 12.9. The topological polar surface area (TPSA) is 32.5 Å². The molecule has 1 heterocycles. The van der Waals surface area contributed by atoms with E-state index in [-0.39, 0.29) is 0 Å². The second-order valence-electron chi connectivity index (χ2n) is 5.42. The van der Waals surface area contributed by atoms with Gasteiger partial charge in [-0.15, -0.1) is 0 Å². The molecule has 0 aliphatic carbocycles. The van der Waals surface area contributed by atoms with Crippen molar-refractivity contribution in [1.29, 1.82) is 0 Å². The fourth-order valence-electron chi connectivity index (χ4n) is 2.62. The molecule has 3 heteroatoms. The summed E-state index contributed by atoms with van der Waals surface area (Å²) in [6, 6.07) is 0.702. The molecular formula is C12H27N3. The molecule has 3 atom stereocenters. The maximum absolute atomic E-state index is 5.72. The van der Waals surface area contributed by atoms with E-state index in [4.69, 9.17) is 5.73 Å². The molecule has 15 heavy (non-hydrogen) atoms. The van der Waals surface area contributed by atoms with Gasteiger partial charge in [-0.25, -0.2) is 0 Å². The van der Waals surface area contributed by atoms with E-state index in [1.165, 1.54) is 25.9 Å². The first-order valence-electron chi connectivity index (χ1n) is 6.09. The number of hydrogen-bond donors (Lipinski definition) is 1. The van der Waals surface area contributed by atoms with Crippen LogP contribution in [0.15, 0.2) is 0 Å². The minimum atomic E-state index is 0.642. The van der Waals surface area contributed by atoms with Crippen molar-refractivity contribution in [2.75, 3.05) is 40.8 Å². The predicted octanol–water partition coefficient (Wildman–Crippen LogP) is 0.853. The van der Waals surface area contributed by atoms with Crippen molar-refractivity contribution in [2.45, 2.75) is 25.8 Å². The second-order valence-corrected chi connectivity index (χ2v) is 5.42. The van der Waals surface area contributed by atoms with Crippen LogP contribution in [0.25, 0.3) is 0 Å². The van der Waals surface area contributed by atoms with Crippen LogP contribution in [-0.4, -0.2) is 56.6 Å². The Morgan fingerprint density at radius 3 is 2.53 bits per heavy atom. The van der Waals surface area contributed by atoms with Gasteiger partial charge in [0.1, 0.15) is 0 Å². The monoisotopic (exact) mass is 213 g/mol. The lowest BCUT2D eigenvalue weighted by atomic mass is 9.90. The van der Waals surface area contributed by atoms with Crippen molar-refractivity contribution < 1.29 is 0 Å². The van der Waals surface area contributed by atoms with Gasteiger partial charge in [-0.2, -0.15) is 0 Å². The lowest BCUT2D eigenvalue weighted by Gasteiger charge is -2.31. The summed E-state index contributed by atoms with van der Waals surface area (Å²) in [6.45, 7) is 5.58. The molecule has 3 unspecified atom stereocenters. The van der Waals surface area contributed by atoms with Crippen molar-refractivity contribution in [3.8, 4) is 0 Å². The van der Waals surface area contributed by atoms with Gasteiger partial charge in [0, 0.05) is 12.6 Å². The van der Waals surface area contributed by atoms with Crippen molar-refractivity contribution in [2.24, 2.45) is 17.6 Å². The van der Waals surface area contributed by atoms with Gasteiger partial charge in [0.25, 0.3) is 0 Å². The summed E-state index contributed by atoms with van der Waals surface area (Å²) in [6.07, 6.45) is 2.58.